The predicted molar refractivity (Wildman–Crippen MR) is 133 cm³/mol. The number of hydrogen-bond acceptors (Lipinski definition) is 6. The number of aromatic nitrogens is 4. The third-order valence-corrected chi connectivity index (χ3v) is 7.17. The first-order valence-electron chi connectivity index (χ1n) is 11.7. The van der Waals surface area contributed by atoms with E-state index in [0.717, 1.165) is 71.7 Å². The average Bonchev–Trinajstić information content (AvgIpc) is 3.37. The van der Waals surface area contributed by atoms with Gasteiger partial charge in [0, 0.05) is 17.7 Å². The fourth-order valence-electron chi connectivity index (χ4n) is 4.92. The van der Waals surface area contributed by atoms with Crippen molar-refractivity contribution >= 4 is 28.6 Å². The molecule has 6 rings (SSSR count). The molecule has 1 aliphatic heterocycles. The Morgan fingerprint density at radius 2 is 1.94 bits per heavy atom. The van der Waals surface area contributed by atoms with Crippen molar-refractivity contribution < 1.29 is 4.74 Å². The Balaban J connectivity index is 1.37. The van der Waals surface area contributed by atoms with E-state index in [2.05, 4.69) is 58.2 Å². The van der Waals surface area contributed by atoms with Gasteiger partial charge in [-0.3, -0.25) is 0 Å². The fourth-order valence-corrected chi connectivity index (χ4v) is 5.50. The number of aromatic amines is 1. The van der Waals surface area contributed by atoms with Gasteiger partial charge >= 0.3 is 0 Å². The molecule has 0 atom stereocenters. The van der Waals surface area contributed by atoms with Crippen LogP contribution in [0.15, 0.2) is 41.6 Å². The maximum atomic E-state index is 6.16. The molecule has 0 spiro atoms. The van der Waals surface area contributed by atoms with Crippen LogP contribution in [0, 0.1) is 6.92 Å². The summed E-state index contributed by atoms with van der Waals surface area (Å²) in [6.07, 6.45) is 3.29. The van der Waals surface area contributed by atoms with E-state index < -0.39 is 0 Å². The molecule has 3 heterocycles. The maximum absolute atomic E-state index is 6.16. The van der Waals surface area contributed by atoms with Crippen molar-refractivity contribution in [3.8, 4) is 16.9 Å². The number of anilines is 1. The minimum atomic E-state index is 0.654. The molecule has 2 aromatic heterocycles. The molecule has 7 heteroatoms. The molecule has 168 valence electrons. The summed E-state index contributed by atoms with van der Waals surface area (Å²) in [7, 11) is 0. The molecule has 6 nitrogen and oxygen atoms in total. The summed E-state index contributed by atoms with van der Waals surface area (Å²) in [5.74, 6) is 3.98. The normalized spacial score (nSPS) is 15.3. The van der Waals surface area contributed by atoms with Crippen molar-refractivity contribution in [3.63, 3.8) is 0 Å². The van der Waals surface area contributed by atoms with Gasteiger partial charge in [0.05, 0.1) is 23.3 Å². The topological polar surface area (TPSA) is 66.9 Å². The summed E-state index contributed by atoms with van der Waals surface area (Å²) in [6, 6.07) is 12.9. The second kappa shape index (κ2) is 8.37. The number of imidazole rings is 1. The van der Waals surface area contributed by atoms with Gasteiger partial charge in [0.15, 0.2) is 5.16 Å². The number of ether oxygens (including phenoxy) is 1. The highest BCUT2D eigenvalue weighted by Crippen LogP contribution is 2.35. The maximum Gasteiger partial charge on any atom is 0.189 e. The Labute approximate surface area is 197 Å². The van der Waals surface area contributed by atoms with Crippen LogP contribution in [0.3, 0.4) is 0 Å². The van der Waals surface area contributed by atoms with Crippen LogP contribution in [-0.2, 0) is 19.4 Å². The van der Waals surface area contributed by atoms with Gasteiger partial charge in [0.2, 0.25) is 0 Å². The lowest BCUT2D eigenvalue weighted by atomic mass is 10.0. The second-order valence-corrected chi connectivity index (χ2v) is 9.92. The molecule has 4 aromatic rings. The van der Waals surface area contributed by atoms with Crippen LogP contribution < -0.4 is 9.64 Å². The summed E-state index contributed by atoms with van der Waals surface area (Å²) >= 11 is 1.72. The average molecular weight is 458 g/mol. The Kier molecular flexibility index (Phi) is 5.21. The van der Waals surface area contributed by atoms with Gasteiger partial charge in [-0.25, -0.2) is 15.0 Å². The second-order valence-electron chi connectivity index (χ2n) is 8.69. The van der Waals surface area contributed by atoms with E-state index in [-0.39, 0.29) is 0 Å². The highest BCUT2D eigenvalue weighted by atomic mass is 32.2. The summed E-state index contributed by atoms with van der Waals surface area (Å²) in [6.45, 7) is 6.40. The summed E-state index contributed by atoms with van der Waals surface area (Å²) in [5.41, 5.74) is 8.18. The number of H-pyrrole nitrogens is 1. The van der Waals surface area contributed by atoms with Gasteiger partial charge in [-0.2, -0.15) is 0 Å². The zero-order valence-corrected chi connectivity index (χ0v) is 19.8. The lowest BCUT2D eigenvalue weighted by Crippen LogP contribution is -2.27. The highest BCUT2D eigenvalue weighted by Gasteiger charge is 2.25. The van der Waals surface area contributed by atoms with Crippen LogP contribution in [-0.4, -0.2) is 38.8 Å². The van der Waals surface area contributed by atoms with Crippen molar-refractivity contribution in [3.05, 3.63) is 59.0 Å². The fraction of sp³-hybridized carbons (Fsp3) is 0.346. The number of rotatable bonds is 4. The molecule has 0 bridgehead atoms. The van der Waals surface area contributed by atoms with Crippen LogP contribution in [0.2, 0.25) is 0 Å². The molecule has 0 fully saturated rings. The Morgan fingerprint density at radius 3 is 2.85 bits per heavy atom. The summed E-state index contributed by atoms with van der Waals surface area (Å²) in [4.78, 5) is 20.1. The summed E-state index contributed by atoms with van der Waals surface area (Å²) < 4.78 is 6.16. The van der Waals surface area contributed by atoms with Gasteiger partial charge < -0.3 is 14.6 Å². The minimum absolute atomic E-state index is 0.654. The molecular formula is C26H27N5OS. The first kappa shape index (κ1) is 20.5. The van der Waals surface area contributed by atoms with E-state index in [1.54, 1.807) is 11.8 Å². The Bertz CT molecular complexity index is 1350. The first-order chi connectivity index (χ1) is 16.2. The monoisotopic (exact) mass is 457 g/mol. The molecule has 0 saturated heterocycles. The van der Waals surface area contributed by atoms with Gasteiger partial charge in [-0.05, 0) is 67.3 Å². The quantitative estimate of drug-likeness (QED) is 0.330. The van der Waals surface area contributed by atoms with Gasteiger partial charge in [0.1, 0.15) is 24.0 Å². The van der Waals surface area contributed by atoms with E-state index in [1.165, 1.54) is 27.9 Å². The van der Waals surface area contributed by atoms with Gasteiger partial charge in [0.25, 0.3) is 0 Å². The number of fused-ring (bicyclic) bond motifs is 3. The zero-order valence-electron chi connectivity index (χ0n) is 19.0. The van der Waals surface area contributed by atoms with Crippen LogP contribution in [0.25, 0.3) is 22.2 Å². The number of hydrogen-bond donors (Lipinski definition) is 1. The number of nitrogens with zero attached hydrogens (tertiary/aromatic N) is 4. The van der Waals surface area contributed by atoms with Crippen molar-refractivity contribution in [2.45, 2.75) is 44.8 Å². The SMILES string of the molecule is CCSc1nc2c(c(N3CCOc4ccc(-c5ccc6nc(C)[nH]c6c5)cc4C3)n1)CCC2. The lowest BCUT2D eigenvalue weighted by molar-refractivity contribution is 0.331. The molecular weight excluding hydrogens is 430 g/mol. The Morgan fingerprint density at radius 1 is 1.06 bits per heavy atom. The van der Waals surface area contributed by atoms with E-state index in [1.807, 2.05) is 6.92 Å². The smallest absolute Gasteiger partial charge is 0.189 e. The first-order valence-corrected chi connectivity index (χ1v) is 12.7. The molecule has 2 aromatic carbocycles. The van der Waals surface area contributed by atoms with Crippen molar-refractivity contribution in [2.24, 2.45) is 0 Å². The predicted octanol–water partition coefficient (Wildman–Crippen LogP) is 5.33. The largest absolute Gasteiger partial charge is 0.491 e. The summed E-state index contributed by atoms with van der Waals surface area (Å²) in [5, 5.41) is 0.899. The van der Waals surface area contributed by atoms with E-state index in [4.69, 9.17) is 14.7 Å². The van der Waals surface area contributed by atoms with Crippen molar-refractivity contribution in [1.29, 1.82) is 0 Å². The number of benzene rings is 2. The van der Waals surface area contributed by atoms with Crippen LogP contribution in [0.1, 0.15) is 36.0 Å². The highest BCUT2D eigenvalue weighted by molar-refractivity contribution is 7.99. The standard InChI is InChI=1S/C26H27N5OS/c1-3-33-26-29-21-6-4-5-20(21)25(30-26)31-11-12-32-24-10-8-17(13-19(24)15-31)18-7-9-22-23(14-18)28-16(2)27-22/h7-10,13-14H,3-6,11-12,15H2,1-2H3,(H,27,28). The zero-order chi connectivity index (χ0) is 22.4. The number of nitrogens with one attached hydrogen (secondary N) is 1. The van der Waals surface area contributed by atoms with E-state index >= 15 is 0 Å². The van der Waals surface area contributed by atoms with Gasteiger partial charge in [-0.1, -0.05) is 30.8 Å². The van der Waals surface area contributed by atoms with Crippen LogP contribution >= 0.6 is 11.8 Å². The van der Waals surface area contributed by atoms with Crippen LogP contribution in [0.5, 0.6) is 5.75 Å². The van der Waals surface area contributed by atoms with Gasteiger partial charge in [-0.15, -0.1) is 0 Å². The van der Waals surface area contributed by atoms with E-state index in [0.29, 0.717) is 6.61 Å². The molecule has 0 radical (unpaired) electrons. The minimum Gasteiger partial charge on any atom is -0.491 e. The number of thioether (sulfide) groups is 1. The molecule has 1 aliphatic carbocycles. The lowest BCUT2D eigenvalue weighted by Gasteiger charge is -2.24. The van der Waals surface area contributed by atoms with Crippen molar-refractivity contribution in [2.75, 3.05) is 23.8 Å². The van der Waals surface area contributed by atoms with Crippen LogP contribution in [0.4, 0.5) is 5.82 Å². The Hall–Kier alpha value is -3.06. The van der Waals surface area contributed by atoms with Crippen molar-refractivity contribution in [1.82, 2.24) is 19.9 Å². The molecule has 0 amide bonds. The number of aryl methyl sites for hydroxylation is 2. The molecule has 1 N–H and O–H groups in total. The molecule has 33 heavy (non-hydrogen) atoms. The third kappa shape index (κ3) is 3.84. The molecule has 0 unspecified atom stereocenters. The van der Waals surface area contributed by atoms with E-state index in [9.17, 15) is 0 Å². The molecule has 2 aliphatic rings. The molecule has 0 saturated carbocycles. The third-order valence-electron chi connectivity index (χ3n) is 6.44.